The Kier molecular flexibility index (Phi) is 5.51. The number of nitrogens with zero attached hydrogens (tertiary/aromatic N) is 5. The minimum atomic E-state index is -0.219. The number of Topliss-reactive ketones (excluding diaryl/α,β-unsaturated/α-hetero) is 1. The van der Waals surface area contributed by atoms with Gasteiger partial charge in [-0.2, -0.15) is 4.98 Å². The molecule has 2 bridgehead atoms. The summed E-state index contributed by atoms with van der Waals surface area (Å²) in [4.78, 5) is 42.2. The summed E-state index contributed by atoms with van der Waals surface area (Å²) in [6.07, 6.45) is 8.08. The maximum absolute atomic E-state index is 13.6. The van der Waals surface area contributed by atoms with Gasteiger partial charge in [0.2, 0.25) is 5.95 Å². The van der Waals surface area contributed by atoms with Crippen LogP contribution >= 0.6 is 0 Å². The molecule has 3 unspecified atom stereocenters. The molecule has 3 fully saturated rings. The van der Waals surface area contributed by atoms with Crippen LogP contribution in [0.3, 0.4) is 0 Å². The van der Waals surface area contributed by atoms with E-state index in [0.29, 0.717) is 34.8 Å². The van der Waals surface area contributed by atoms with Crippen LogP contribution in [0.25, 0.3) is 11.0 Å². The second kappa shape index (κ2) is 8.71. The molecule has 0 amide bonds. The fourth-order valence-corrected chi connectivity index (χ4v) is 6.33. The summed E-state index contributed by atoms with van der Waals surface area (Å²) in [6.45, 7) is 7.15. The van der Waals surface area contributed by atoms with Gasteiger partial charge in [0.1, 0.15) is 11.5 Å². The Morgan fingerprint density at radius 3 is 2.60 bits per heavy atom. The molecule has 3 aromatic rings. The molecule has 0 radical (unpaired) electrons. The lowest BCUT2D eigenvalue weighted by Gasteiger charge is -2.29. The molecule has 1 aliphatic heterocycles. The van der Waals surface area contributed by atoms with Crippen LogP contribution in [0.1, 0.15) is 54.6 Å². The maximum atomic E-state index is 13.6. The molecule has 182 valence electrons. The van der Waals surface area contributed by atoms with E-state index in [0.717, 1.165) is 56.5 Å². The van der Waals surface area contributed by atoms with Gasteiger partial charge in [-0.15, -0.1) is 0 Å². The predicted molar refractivity (Wildman–Crippen MR) is 136 cm³/mol. The summed E-state index contributed by atoms with van der Waals surface area (Å²) < 4.78 is 1.80. The molecule has 3 atom stereocenters. The fraction of sp³-hybridized carbons (Fsp3) is 0.500. The van der Waals surface area contributed by atoms with E-state index in [1.54, 1.807) is 10.8 Å². The van der Waals surface area contributed by atoms with Crippen molar-refractivity contribution in [2.24, 2.45) is 11.8 Å². The van der Waals surface area contributed by atoms with E-state index in [4.69, 9.17) is 4.98 Å². The van der Waals surface area contributed by atoms with Crippen molar-refractivity contribution in [3.63, 3.8) is 0 Å². The van der Waals surface area contributed by atoms with Gasteiger partial charge in [-0.05, 0) is 62.6 Å². The SMILES string of the molecule is CC(=O)c1c(C)c2cnc(Nc3ccc(N4CCNCC4)cn3)nc2n(C2CC3CCC2C3)c1=O. The predicted octanol–water partition coefficient (Wildman–Crippen LogP) is 3.21. The molecule has 3 aromatic heterocycles. The van der Waals surface area contributed by atoms with E-state index >= 15 is 0 Å². The molecule has 0 spiro atoms. The molecule has 35 heavy (non-hydrogen) atoms. The van der Waals surface area contributed by atoms with Crippen LogP contribution in [0.4, 0.5) is 17.5 Å². The van der Waals surface area contributed by atoms with Crippen molar-refractivity contribution in [1.29, 1.82) is 0 Å². The number of carbonyl (C=O) groups is 1. The molecule has 3 aliphatic rings. The van der Waals surface area contributed by atoms with Crippen molar-refractivity contribution in [2.75, 3.05) is 36.4 Å². The van der Waals surface area contributed by atoms with Gasteiger partial charge >= 0.3 is 0 Å². The highest BCUT2D eigenvalue weighted by atomic mass is 16.1. The van der Waals surface area contributed by atoms with Gasteiger partial charge < -0.3 is 15.5 Å². The van der Waals surface area contributed by atoms with Gasteiger partial charge in [0, 0.05) is 43.8 Å². The number of rotatable bonds is 5. The third-order valence-electron chi connectivity index (χ3n) is 8.06. The van der Waals surface area contributed by atoms with Crippen molar-refractivity contribution in [1.82, 2.24) is 24.8 Å². The van der Waals surface area contributed by atoms with Gasteiger partial charge in [0.05, 0.1) is 17.4 Å². The largest absolute Gasteiger partial charge is 0.368 e. The average molecular weight is 474 g/mol. The lowest BCUT2D eigenvalue weighted by atomic mass is 9.94. The number of anilines is 3. The Morgan fingerprint density at radius 1 is 1.11 bits per heavy atom. The first-order valence-electron chi connectivity index (χ1n) is 12.6. The molecule has 9 heteroatoms. The second-order valence-corrected chi connectivity index (χ2v) is 10.2. The molecule has 6 rings (SSSR count). The Hall–Kier alpha value is -3.33. The minimum absolute atomic E-state index is 0.0849. The third kappa shape index (κ3) is 3.87. The number of carbonyl (C=O) groups excluding carboxylic acids is 1. The number of aromatic nitrogens is 4. The molecule has 4 heterocycles. The first-order chi connectivity index (χ1) is 17.0. The second-order valence-electron chi connectivity index (χ2n) is 10.2. The van der Waals surface area contributed by atoms with E-state index < -0.39 is 0 Å². The molecular weight excluding hydrogens is 442 g/mol. The molecule has 2 aliphatic carbocycles. The Balaban J connectivity index is 1.38. The number of hydrogen-bond donors (Lipinski definition) is 2. The molecule has 1 saturated heterocycles. The lowest BCUT2D eigenvalue weighted by Crippen LogP contribution is -2.43. The highest BCUT2D eigenvalue weighted by Crippen LogP contribution is 2.50. The molecular formula is C26H31N7O2. The number of piperazine rings is 1. The van der Waals surface area contributed by atoms with Crippen LogP contribution < -0.4 is 21.1 Å². The van der Waals surface area contributed by atoms with Gasteiger partial charge in [0.15, 0.2) is 5.78 Å². The van der Waals surface area contributed by atoms with Crippen molar-refractivity contribution >= 4 is 34.3 Å². The van der Waals surface area contributed by atoms with Crippen molar-refractivity contribution in [2.45, 2.75) is 45.6 Å². The number of fused-ring (bicyclic) bond motifs is 3. The zero-order valence-electron chi connectivity index (χ0n) is 20.3. The Morgan fingerprint density at radius 2 is 1.94 bits per heavy atom. The smallest absolute Gasteiger partial charge is 0.263 e. The van der Waals surface area contributed by atoms with Crippen LogP contribution in [0.15, 0.2) is 29.3 Å². The summed E-state index contributed by atoms with van der Waals surface area (Å²) in [5, 5.41) is 7.32. The first kappa shape index (κ1) is 22.2. The first-order valence-corrected chi connectivity index (χ1v) is 12.6. The van der Waals surface area contributed by atoms with E-state index in [2.05, 4.69) is 31.6 Å². The normalized spacial score (nSPS) is 23.7. The molecule has 2 saturated carbocycles. The van der Waals surface area contributed by atoms with Crippen molar-refractivity contribution < 1.29 is 4.79 Å². The van der Waals surface area contributed by atoms with Gasteiger partial charge in [-0.25, -0.2) is 9.97 Å². The van der Waals surface area contributed by atoms with Gasteiger partial charge in [-0.1, -0.05) is 6.42 Å². The van der Waals surface area contributed by atoms with Crippen molar-refractivity contribution in [3.05, 3.63) is 46.0 Å². The summed E-state index contributed by atoms with van der Waals surface area (Å²) in [6, 6.07) is 4.07. The highest BCUT2D eigenvalue weighted by molar-refractivity contribution is 5.99. The number of aryl methyl sites for hydroxylation is 1. The molecule has 0 aromatic carbocycles. The monoisotopic (exact) mass is 473 g/mol. The number of pyridine rings is 2. The van der Waals surface area contributed by atoms with Crippen molar-refractivity contribution in [3.8, 4) is 0 Å². The van der Waals surface area contributed by atoms with E-state index in [9.17, 15) is 9.59 Å². The standard InChI is InChI=1S/C26H31N7O2/c1-15-20-14-29-26(30-22-6-5-19(13-28-22)32-9-7-27-8-10-32)31-24(20)33(25(35)23(15)16(2)34)21-12-17-3-4-18(21)11-17/h5-6,13-14,17-18,21,27H,3-4,7-12H2,1-2H3,(H,28,29,30,31). The van der Waals surface area contributed by atoms with Crippen LogP contribution in [-0.2, 0) is 0 Å². The maximum Gasteiger partial charge on any atom is 0.263 e. The van der Waals surface area contributed by atoms with Crippen LogP contribution in [0.2, 0.25) is 0 Å². The number of ketones is 1. The van der Waals surface area contributed by atoms with E-state index in [-0.39, 0.29) is 22.9 Å². The average Bonchev–Trinajstić information content (AvgIpc) is 3.49. The molecule has 2 N–H and O–H groups in total. The Labute approximate surface area is 204 Å². The van der Waals surface area contributed by atoms with Crippen LogP contribution in [0, 0.1) is 18.8 Å². The topological polar surface area (TPSA) is 105 Å². The quantitative estimate of drug-likeness (QED) is 0.545. The lowest BCUT2D eigenvalue weighted by molar-refractivity contribution is 0.101. The number of hydrogen-bond acceptors (Lipinski definition) is 8. The number of nitrogens with one attached hydrogen (secondary N) is 2. The van der Waals surface area contributed by atoms with Crippen LogP contribution in [0.5, 0.6) is 0 Å². The minimum Gasteiger partial charge on any atom is -0.368 e. The summed E-state index contributed by atoms with van der Waals surface area (Å²) in [5.74, 6) is 1.96. The highest BCUT2D eigenvalue weighted by Gasteiger charge is 2.42. The fourth-order valence-electron chi connectivity index (χ4n) is 6.33. The zero-order chi connectivity index (χ0) is 24.1. The van der Waals surface area contributed by atoms with Gasteiger partial charge in [-0.3, -0.25) is 14.2 Å². The summed E-state index contributed by atoms with van der Waals surface area (Å²) in [5.41, 5.74) is 2.39. The third-order valence-corrected chi connectivity index (χ3v) is 8.06. The van der Waals surface area contributed by atoms with E-state index in [1.807, 2.05) is 19.2 Å². The zero-order valence-corrected chi connectivity index (χ0v) is 20.3. The Bertz CT molecular complexity index is 1340. The van der Waals surface area contributed by atoms with Gasteiger partial charge in [0.25, 0.3) is 5.56 Å². The molecule has 9 nitrogen and oxygen atoms in total. The summed E-state index contributed by atoms with van der Waals surface area (Å²) >= 11 is 0. The van der Waals surface area contributed by atoms with E-state index in [1.165, 1.54) is 13.3 Å². The van der Waals surface area contributed by atoms with Crippen LogP contribution in [-0.4, -0.2) is 51.5 Å². The summed E-state index contributed by atoms with van der Waals surface area (Å²) in [7, 11) is 0.